The smallest absolute Gasteiger partial charge is 0.426 e. The van der Waals surface area contributed by atoms with Crippen LogP contribution in [0.15, 0.2) is 24.7 Å². The van der Waals surface area contributed by atoms with Crippen LogP contribution in [0.3, 0.4) is 0 Å². The van der Waals surface area contributed by atoms with Crippen LogP contribution in [0.2, 0.25) is 0 Å². The third kappa shape index (κ3) is 5.41. The van der Waals surface area contributed by atoms with E-state index < -0.39 is 60.6 Å². The number of alkyl halides is 12. The highest BCUT2D eigenvalue weighted by molar-refractivity contribution is 5.17. The zero-order valence-electron chi connectivity index (χ0n) is 16.0. The molecule has 0 aliphatic heterocycles. The van der Waals surface area contributed by atoms with Crippen LogP contribution < -0.4 is 0 Å². The normalized spacial score (nSPS) is 14.5. The first-order valence-electron chi connectivity index (χ1n) is 8.28. The summed E-state index contributed by atoms with van der Waals surface area (Å²) >= 11 is 0. The highest BCUT2D eigenvalue weighted by Crippen LogP contribution is 2.53. The maximum atomic E-state index is 13.8. The molecular weight excluding hydrogens is 468 g/mol. The predicted molar refractivity (Wildman–Crippen MR) is 81.5 cm³/mol. The lowest BCUT2D eigenvalue weighted by Gasteiger charge is -2.35. The summed E-state index contributed by atoms with van der Waals surface area (Å²) in [5.74, 6) is -31.2. The summed E-state index contributed by atoms with van der Waals surface area (Å²) < 4.78 is 173. The molecule has 0 fully saturated rings. The molecule has 0 bridgehead atoms. The predicted octanol–water partition coefficient (Wildman–Crippen LogP) is 6.61. The second kappa shape index (κ2) is 9.46. The molecule has 0 aliphatic carbocycles. The number of hydrogen-bond donors (Lipinski definition) is 0. The third-order valence-electron chi connectivity index (χ3n) is 3.44. The van der Waals surface area contributed by atoms with Crippen LogP contribution in [0.25, 0.3) is 0 Å². The zero-order chi connectivity index (χ0) is 25.1. The monoisotopic (exact) mass is 486 g/mol. The van der Waals surface area contributed by atoms with Crippen molar-refractivity contribution in [1.82, 2.24) is 0 Å². The molecule has 31 heavy (non-hydrogen) atoms. The van der Waals surface area contributed by atoms with E-state index in [1.807, 2.05) is 13.2 Å². The third-order valence-corrected chi connectivity index (χ3v) is 3.44. The maximum absolute atomic E-state index is 13.8. The first kappa shape index (κ1) is 29.4. The van der Waals surface area contributed by atoms with Crippen LogP contribution in [0.1, 0.15) is 26.7 Å². The van der Waals surface area contributed by atoms with E-state index in [1.54, 1.807) is 0 Å². The summed E-state index contributed by atoms with van der Waals surface area (Å²) in [6, 6.07) is 0. The first-order chi connectivity index (χ1) is 13.7. The Morgan fingerprint density at radius 1 is 0.581 bits per heavy atom. The SMILES string of the molecule is C=C(OC(=C)C(F)(F)C(F)(F)C(F)(F)OCCC)C(F)(F)C(F)(F)C(F)(F)OCCC. The molecule has 0 saturated carbocycles. The molecule has 0 unspecified atom stereocenters. The van der Waals surface area contributed by atoms with Gasteiger partial charge in [-0.15, -0.1) is 0 Å². The van der Waals surface area contributed by atoms with Gasteiger partial charge in [0, 0.05) is 0 Å². The van der Waals surface area contributed by atoms with Crippen LogP contribution >= 0.6 is 0 Å². The van der Waals surface area contributed by atoms with Gasteiger partial charge < -0.3 is 14.2 Å². The van der Waals surface area contributed by atoms with Crippen LogP contribution in [-0.4, -0.2) is 49.1 Å². The van der Waals surface area contributed by atoms with Gasteiger partial charge in [0.15, 0.2) is 11.5 Å². The fraction of sp³-hybridized carbons (Fsp3) is 0.750. The van der Waals surface area contributed by atoms with Crippen molar-refractivity contribution in [2.75, 3.05) is 13.2 Å². The summed E-state index contributed by atoms with van der Waals surface area (Å²) in [5.41, 5.74) is 0. The van der Waals surface area contributed by atoms with Crippen LogP contribution in [0.5, 0.6) is 0 Å². The molecular formula is C16H18F12O3. The molecule has 0 radical (unpaired) electrons. The lowest BCUT2D eigenvalue weighted by Crippen LogP contribution is -2.58. The van der Waals surface area contributed by atoms with E-state index in [0.717, 1.165) is 13.8 Å². The first-order valence-corrected chi connectivity index (χ1v) is 8.28. The molecule has 0 atom stereocenters. The molecule has 0 saturated heterocycles. The van der Waals surface area contributed by atoms with Crippen molar-refractivity contribution < 1.29 is 66.9 Å². The van der Waals surface area contributed by atoms with Gasteiger partial charge in [0.2, 0.25) is 0 Å². The number of halogens is 12. The van der Waals surface area contributed by atoms with Crippen molar-refractivity contribution in [3.63, 3.8) is 0 Å². The fourth-order valence-corrected chi connectivity index (χ4v) is 1.63. The van der Waals surface area contributed by atoms with Crippen LogP contribution in [0.4, 0.5) is 52.7 Å². The fourth-order valence-electron chi connectivity index (χ4n) is 1.63. The average molecular weight is 486 g/mol. The molecule has 15 heteroatoms. The Labute approximate surface area is 168 Å². The molecule has 3 nitrogen and oxygen atoms in total. The molecule has 0 N–H and O–H groups in total. The van der Waals surface area contributed by atoms with E-state index in [-0.39, 0.29) is 12.8 Å². The molecule has 0 aromatic carbocycles. The van der Waals surface area contributed by atoms with Crippen molar-refractivity contribution in [2.45, 2.75) is 62.6 Å². The van der Waals surface area contributed by atoms with Crippen molar-refractivity contribution in [3.8, 4) is 0 Å². The van der Waals surface area contributed by atoms with Gasteiger partial charge in [0.1, 0.15) is 0 Å². The minimum atomic E-state index is -6.47. The number of rotatable bonds is 14. The molecule has 0 aliphatic rings. The number of hydrogen-bond acceptors (Lipinski definition) is 3. The Kier molecular flexibility index (Phi) is 8.96. The summed E-state index contributed by atoms with van der Waals surface area (Å²) in [6.07, 6.45) is -12.4. The zero-order valence-corrected chi connectivity index (χ0v) is 16.0. The number of ether oxygens (including phenoxy) is 3. The van der Waals surface area contributed by atoms with Gasteiger partial charge >= 0.3 is 35.9 Å². The van der Waals surface area contributed by atoms with E-state index in [1.165, 1.54) is 0 Å². The highest BCUT2D eigenvalue weighted by atomic mass is 19.4. The summed E-state index contributed by atoms with van der Waals surface area (Å²) in [6.45, 7) is 4.12. The van der Waals surface area contributed by atoms with Gasteiger partial charge in [-0.2, -0.15) is 52.7 Å². The summed E-state index contributed by atoms with van der Waals surface area (Å²) in [7, 11) is 0. The van der Waals surface area contributed by atoms with Crippen molar-refractivity contribution in [1.29, 1.82) is 0 Å². The summed E-state index contributed by atoms with van der Waals surface area (Å²) in [4.78, 5) is 0. The summed E-state index contributed by atoms with van der Waals surface area (Å²) in [5, 5.41) is 0. The lowest BCUT2D eigenvalue weighted by atomic mass is 10.1. The van der Waals surface area contributed by atoms with E-state index in [9.17, 15) is 52.7 Å². The van der Waals surface area contributed by atoms with E-state index in [0.29, 0.717) is 0 Å². The van der Waals surface area contributed by atoms with Gasteiger partial charge in [-0.05, 0) is 12.8 Å². The molecule has 0 aromatic rings. The highest BCUT2D eigenvalue weighted by Gasteiger charge is 2.77. The lowest BCUT2D eigenvalue weighted by molar-refractivity contribution is -0.399. The van der Waals surface area contributed by atoms with Crippen LogP contribution in [-0.2, 0) is 14.2 Å². The van der Waals surface area contributed by atoms with Crippen molar-refractivity contribution in [3.05, 3.63) is 24.7 Å². The minimum absolute atomic E-state index is 0.318. The van der Waals surface area contributed by atoms with Gasteiger partial charge in [0.05, 0.1) is 13.2 Å². The second-order valence-electron chi connectivity index (χ2n) is 5.98. The molecule has 0 aromatic heterocycles. The molecule has 0 heterocycles. The largest absolute Gasteiger partial charge is 0.454 e. The topological polar surface area (TPSA) is 27.7 Å². The van der Waals surface area contributed by atoms with E-state index in [4.69, 9.17) is 0 Å². The van der Waals surface area contributed by atoms with Gasteiger partial charge in [0.25, 0.3) is 0 Å². The Balaban J connectivity index is 5.78. The number of allylic oxidation sites excluding steroid dienone is 2. The quantitative estimate of drug-likeness (QED) is 0.204. The standard InChI is InChI=1S/C16H18F12O3/c1-5-7-29-15(25,26)13(21,22)11(17,18)9(3)31-10(4)12(19,20)14(23,24)16(27,28)30-8-6-2/h3-8H2,1-2H3. The molecule has 0 amide bonds. The second-order valence-corrected chi connectivity index (χ2v) is 5.98. The maximum Gasteiger partial charge on any atom is 0.426 e. The minimum Gasteiger partial charge on any atom is -0.454 e. The van der Waals surface area contributed by atoms with Gasteiger partial charge in [-0.3, -0.25) is 0 Å². The van der Waals surface area contributed by atoms with E-state index in [2.05, 4.69) is 14.2 Å². The van der Waals surface area contributed by atoms with Gasteiger partial charge in [-0.25, -0.2) is 0 Å². The van der Waals surface area contributed by atoms with Crippen molar-refractivity contribution >= 4 is 0 Å². The Morgan fingerprint density at radius 2 is 0.839 bits per heavy atom. The molecule has 184 valence electrons. The Hall–Kier alpha value is -1.64. The molecule has 0 rings (SSSR count). The molecule has 0 spiro atoms. The average Bonchev–Trinajstić information content (AvgIpc) is 2.63. The van der Waals surface area contributed by atoms with E-state index >= 15 is 0 Å². The Bertz CT molecular complexity index is 592. The van der Waals surface area contributed by atoms with Crippen molar-refractivity contribution in [2.24, 2.45) is 0 Å². The van der Waals surface area contributed by atoms with Gasteiger partial charge in [-0.1, -0.05) is 27.0 Å². The van der Waals surface area contributed by atoms with Crippen LogP contribution in [0, 0.1) is 0 Å². The Morgan fingerprint density at radius 3 is 1.06 bits per heavy atom.